The Bertz CT molecular complexity index is 960. The van der Waals surface area contributed by atoms with Crippen LogP contribution >= 0.6 is 15.9 Å². The molecule has 0 unspecified atom stereocenters. The maximum Gasteiger partial charge on any atom is 0.253 e. The molecule has 0 spiro atoms. The van der Waals surface area contributed by atoms with Crippen LogP contribution in [0, 0.1) is 6.92 Å². The second kappa shape index (κ2) is 9.79. The molecule has 0 radical (unpaired) electrons. The number of aromatic hydroxyl groups is 1. The van der Waals surface area contributed by atoms with Crippen molar-refractivity contribution >= 4 is 21.8 Å². The number of amides is 1. The molecule has 0 fully saturated rings. The van der Waals surface area contributed by atoms with E-state index < -0.39 is 0 Å². The SMILES string of the molecule is CCCCNC(=O)c1cc(-c2ccc(O)cc2)n(CCc2ccc(Br)cc2)c1C. The third kappa shape index (κ3) is 5.30. The lowest BCUT2D eigenvalue weighted by molar-refractivity contribution is 0.0952. The smallest absolute Gasteiger partial charge is 0.253 e. The molecule has 0 saturated heterocycles. The molecule has 0 aliphatic rings. The Labute approximate surface area is 180 Å². The largest absolute Gasteiger partial charge is 0.508 e. The van der Waals surface area contributed by atoms with E-state index in [9.17, 15) is 9.90 Å². The lowest BCUT2D eigenvalue weighted by Crippen LogP contribution is -2.24. The first-order valence-electron chi connectivity index (χ1n) is 10.0. The van der Waals surface area contributed by atoms with Gasteiger partial charge in [0.05, 0.1) is 5.56 Å². The van der Waals surface area contributed by atoms with E-state index in [1.807, 2.05) is 37.3 Å². The van der Waals surface area contributed by atoms with E-state index >= 15 is 0 Å². The van der Waals surface area contributed by atoms with Crippen LogP contribution in [0.15, 0.2) is 59.1 Å². The number of halogens is 1. The van der Waals surface area contributed by atoms with Crippen LogP contribution in [0.25, 0.3) is 11.3 Å². The number of hydrogen-bond donors (Lipinski definition) is 2. The normalized spacial score (nSPS) is 10.9. The highest BCUT2D eigenvalue weighted by Gasteiger charge is 2.18. The number of unbranched alkanes of at least 4 members (excludes halogenated alkanes) is 1. The average molecular weight is 455 g/mol. The molecule has 0 aliphatic carbocycles. The Morgan fingerprint density at radius 3 is 2.45 bits per heavy atom. The molecular weight excluding hydrogens is 428 g/mol. The van der Waals surface area contributed by atoms with Crippen molar-refractivity contribution < 1.29 is 9.90 Å². The highest BCUT2D eigenvalue weighted by molar-refractivity contribution is 9.10. The molecule has 3 rings (SSSR count). The van der Waals surface area contributed by atoms with Crippen molar-refractivity contribution in [3.05, 3.63) is 75.9 Å². The first-order chi connectivity index (χ1) is 14.0. The van der Waals surface area contributed by atoms with Crippen LogP contribution in [0.3, 0.4) is 0 Å². The predicted octanol–water partition coefficient (Wildman–Crippen LogP) is 5.70. The molecule has 0 aliphatic heterocycles. The second-order valence-corrected chi connectivity index (χ2v) is 8.13. The van der Waals surface area contributed by atoms with Crippen molar-refractivity contribution in [2.75, 3.05) is 6.54 Å². The van der Waals surface area contributed by atoms with Crippen molar-refractivity contribution in [3.63, 3.8) is 0 Å². The van der Waals surface area contributed by atoms with Gasteiger partial charge in [0.1, 0.15) is 5.75 Å². The number of rotatable bonds is 8. The van der Waals surface area contributed by atoms with Gasteiger partial charge >= 0.3 is 0 Å². The molecule has 1 aromatic heterocycles. The number of hydrogen-bond acceptors (Lipinski definition) is 2. The summed E-state index contributed by atoms with van der Waals surface area (Å²) in [6, 6.07) is 17.4. The molecule has 1 amide bonds. The fraction of sp³-hybridized carbons (Fsp3) is 0.292. The molecule has 29 heavy (non-hydrogen) atoms. The zero-order valence-corrected chi connectivity index (χ0v) is 18.5. The summed E-state index contributed by atoms with van der Waals surface area (Å²) >= 11 is 3.48. The fourth-order valence-electron chi connectivity index (χ4n) is 3.40. The Kier molecular flexibility index (Phi) is 7.15. The number of phenolic OH excluding ortho intramolecular Hbond substituents is 1. The number of carbonyl (C=O) groups excluding carboxylic acids is 1. The van der Waals surface area contributed by atoms with Crippen LogP contribution in [0.2, 0.25) is 0 Å². The van der Waals surface area contributed by atoms with E-state index in [1.54, 1.807) is 12.1 Å². The summed E-state index contributed by atoms with van der Waals surface area (Å²) in [5, 5.41) is 12.7. The number of phenols is 1. The highest BCUT2D eigenvalue weighted by Crippen LogP contribution is 2.28. The summed E-state index contributed by atoms with van der Waals surface area (Å²) in [7, 11) is 0. The van der Waals surface area contributed by atoms with Gasteiger partial charge in [-0.25, -0.2) is 0 Å². The summed E-state index contributed by atoms with van der Waals surface area (Å²) in [6.45, 7) is 5.57. The monoisotopic (exact) mass is 454 g/mol. The average Bonchev–Trinajstić information content (AvgIpc) is 3.05. The van der Waals surface area contributed by atoms with E-state index in [1.165, 1.54) is 5.56 Å². The number of aromatic nitrogens is 1. The second-order valence-electron chi connectivity index (χ2n) is 7.21. The number of nitrogens with zero attached hydrogens (tertiary/aromatic N) is 1. The van der Waals surface area contributed by atoms with Gasteiger partial charge < -0.3 is 15.0 Å². The van der Waals surface area contributed by atoms with E-state index in [4.69, 9.17) is 0 Å². The molecule has 5 heteroatoms. The lowest BCUT2D eigenvalue weighted by atomic mass is 10.1. The summed E-state index contributed by atoms with van der Waals surface area (Å²) in [6.07, 6.45) is 2.89. The number of aryl methyl sites for hydroxylation is 1. The predicted molar refractivity (Wildman–Crippen MR) is 121 cm³/mol. The van der Waals surface area contributed by atoms with Crippen molar-refractivity contribution in [1.29, 1.82) is 0 Å². The van der Waals surface area contributed by atoms with Crippen LogP contribution in [0.5, 0.6) is 5.75 Å². The minimum atomic E-state index is -0.0293. The standard InChI is InChI=1S/C24H27BrN2O2/c1-3-4-14-26-24(29)22-16-23(19-7-11-21(28)12-8-19)27(17(22)2)15-13-18-5-9-20(25)10-6-18/h5-12,16,28H,3-4,13-15H2,1-2H3,(H,26,29). The highest BCUT2D eigenvalue weighted by atomic mass is 79.9. The molecule has 0 atom stereocenters. The van der Waals surface area contributed by atoms with Crippen molar-refractivity contribution in [3.8, 4) is 17.0 Å². The first kappa shape index (κ1) is 21.2. The van der Waals surface area contributed by atoms with Crippen LogP contribution < -0.4 is 5.32 Å². The quantitative estimate of drug-likeness (QED) is 0.428. The zero-order chi connectivity index (χ0) is 20.8. The van der Waals surface area contributed by atoms with E-state index in [-0.39, 0.29) is 11.7 Å². The minimum absolute atomic E-state index is 0.0293. The van der Waals surface area contributed by atoms with Gasteiger partial charge in [-0.05, 0) is 73.4 Å². The van der Waals surface area contributed by atoms with E-state index in [0.29, 0.717) is 12.1 Å². The first-order valence-corrected chi connectivity index (χ1v) is 10.8. The van der Waals surface area contributed by atoms with E-state index in [2.05, 4.69) is 44.9 Å². The molecule has 0 saturated carbocycles. The molecule has 1 heterocycles. The van der Waals surface area contributed by atoms with Gasteiger partial charge in [-0.3, -0.25) is 4.79 Å². The van der Waals surface area contributed by atoms with E-state index in [0.717, 1.165) is 47.2 Å². The Hall–Kier alpha value is -2.53. The topological polar surface area (TPSA) is 54.3 Å². The molecule has 0 bridgehead atoms. The van der Waals surface area contributed by atoms with Gasteiger partial charge in [-0.2, -0.15) is 0 Å². The maximum atomic E-state index is 12.7. The molecule has 2 aromatic carbocycles. The zero-order valence-electron chi connectivity index (χ0n) is 16.9. The Morgan fingerprint density at radius 1 is 1.10 bits per heavy atom. The van der Waals surface area contributed by atoms with Crippen LogP contribution in [-0.2, 0) is 13.0 Å². The molecular formula is C24H27BrN2O2. The van der Waals surface area contributed by atoms with Gasteiger partial charge in [-0.1, -0.05) is 41.4 Å². The van der Waals surface area contributed by atoms with Gasteiger partial charge in [-0.15, -0.1) is 0 Å². The third-order valence-corrected chi connectivity index (χ3v) is 5.66. The van der Waals surface area contributed by atoms with Gasteiger partial charge in [0, 0.05) is 29.0 Å². The van der Waals surface area contributed by atoms with Gasteiger partial charge in [0.25, 0.3) is 5.91 Å². The maximum absolute atomic E-state index is 12.7. The Balaban J connectivity index is 1.91. The summed E-state index contributed by atoms with van der Waals surface area (Å²) in [4.78, 5) is 12.7. The molecule has 152 valence electrons. The lowest BCUT2D eigenvalue weighted by Gasteiger charge is -2.13. The Morgan fingerprint density at radius 2 is 1.79 bits per heavy atom. The summed E-state index contributed by atoms with van der Waals surface area (Å²) in [5.74, 6) is 0.203. The van der Waals surface area contributed by atoms with Crippen molar-refractivity contribution in [1.82, 2.24) is 9.88 Å². The van der Waals surface area contributed by atoms with Crippen LogP contribution in [0.1, 0.15) is 41.4 Å². The number of nitrogens with one attached hydrogen (secondary N) is 1. The minimum Gasteiger partial charge on any atom is -0.508 e. The molecule has 3 aromatic rings. The fourth-order valence-corrected chi connectivity index (χ4v) is 3.66. The van der Waals surface area contributed by atoms with Crippen molar-refractivity contribution in [2.45, 2.75) is 39.7 Å². The summed E-state index contributed by atoms with van der Waals surface area (Å²) < 4.78 is 3.26. The number of benzene rings is 2. The van der Waals surface area contributed by atoms with Gasteiger partial charge in [0.2, 0.25) is 0 Å². The third-order valence-electron chi connectivity index (χ3n) is 5.13. The molecule has 2 N–H and O–H groups in total. The molecule has 4 nitrogen and oxygen atoms in total. The summed E-state index contributed by atoms with van der Waals surface area (Å²) in [5.41, 5.74) is 4.88. The van der Waals surface area contributed by atoms with Gasteiger partial charge in [0.15, 0.2) is 0 Å². The van der Waals surface area contributed by atoms with Crippen molar-refractivity contribution in [2.24, 2.45) is 0 Å². The van der Waals surface area contributed by atoms with Crippen LogP contribution in [0.4, 0.5) is 0 Å². The van der Waals surface area contributed by atoms with Crippen LogP contribution in [-0.4, -0.2) is 22.1 Å². The number of carbonyl (C=O) groups is 1.